The van der Waals surface area contributed by atoms with E-state index in [1.165, 1.54) is 6.21 Å². The molecule has 0 atom stereocenters. The summed E-state index contributed by atoms with van der Waals surface area (Å²) in [7, 11) is 1.54. The number of carbonyl (C=O) groups excluding carboxylic acids is 1. The van der Waals surface area contributed by atoms with E-state index in [9.17, 15) is 4.79 Å². The van der Waals surface area contributed by atoms with E-state index >= 15 is 0 Å². The van der Waals surface area contributed by atoms with Crippen LogP contribution in [0, 0.1) is 0 Å². The molecule has 3 rings (SSSR count). The van der Waals surface area contributed by atoms with Crippen molar-refractivity contribution < 1.29 is 19.0 Å². The minimum absolute atomic E-state index is 0.130. The summed E-state index contributed by atoms with van der Waals surface area (Å²) in [5.41, 5.74) is 4.91. The Morgan fingerprint density at radius 3 is 2.45 bits per heavy atom. The number of rotatable bonds is 10. The summed E-state index contributed by atoms with van der Waals surface area (Å²) < 4.78 is 16.8. The van der Waals surface area contributed by atoms with Gasteiger partial charge in [-0.25, -0.2) is 5.43 Å². The lowest BCUT2D eigenvalue weighted by molar-refractivity contribution is -0.123. The molecule has 1 N–H and O–H groups in total. The molecule has 172 valence electrons. The Morgan fingerprint density at radius 1 is 0.970 bits per heavy atom. The fourth-order valence-corrected chi connectivity index (χ4v) is 3.50. The molecule has 1 amide bonds. The van der Waals surface area contributed by atoms with E-state index in [-0.39, 0.29) is 19.1 Å². The minimum atomic E-state index is -0.360. The zero-order valence-corrected chi connectivity index (χ0v) is 19.8. The Morgan fingerprint density at radius 2 is 1.73 bits per heavy atom. The Bertz CT molecular complexity index is 1110. The molecular weight excluding hydrogens is 463 g/mol. The van der Waals surface area contributed by atoms with Gasteiger partial charge in [-0.2, -0.15) is 5.10 Å². The fourth-order valence-electron chi connectivity index (χ4n) is 2.99. The van der Waals surface area contributed by atoms with Crippen molar-refractivity contribution >= 4 is 35.3 Å². The van der Waals surface area contributed by atoms with Gasteiger partial charge < -0.3 is 14.2 Å². The molecule has 0 unspecified atom stereocenters. The largest absolute Gasteiger partial charge is 0.493 e. The molecule has 0 radical (unpaired) electrons. The molecule has 0 aromatic heterocycles. The number of para-hydroxylation sites is 1. The van der Waals surface area contributed by atoms with Crippen LogP contribution in [-0.2, 0) is 17.8 Å². The highest BCUT2D eigenvalue weighted by atomic mass is 35.5. The zero-order chi connectivity index (χ0) is 23.6. The number of methoxy groups -OCH3 is 1. The van der Waals surface area contributed by atoms with Crippen LogP contribution in [0.4, 0.5) is 0 Å². The highest BCUT2D eigenvalue weighted by Crippen LogP contribution is 2.31. The maximum atomic E-state index is 12.0. The number of amides is 1. The topological polar surface area (TPSA) is 69.2 Å². The van der Waals surface area contributed by atoms with Gasteiger partial charge >= 0.3 is 0 Å². The first-order chi connectivity index (χ1) is 16.0. The molecule has 0 saturated heterocycles. The highest BCUT2D eigenvalue weighted by Gasteiger charge is 2.10. The summed E-state index contributed by atoms with van der Waals surface area (Å²) in [5, 5.41) is 5.04. The van der Waals surface area contributed by atoms with Crippen LogP contribution in [0.2, 0.25) is 10.0 Å². The third-order valence-electron chi connectivity index (χ3n) is 4.74. The molecule has 33 heavy (non-hydrogen) atoms. The van der Waals surface area contributed by atoms with Crippen molar-refractivity contribution in [1.82, 2.24) is 5.43 Å². The van der Waals surface area contributed by atoms with Crippen molar-refractivity contribution in [3.05, 3.63) is 87.4 Å². The molecule has 0 heterocycles. The first-order valence-corrected chi connectivity index (χ1v) is 11.0. The Labute approximate surface area is 203 Å². The lowest BCUT2D eigenvalue weighted by Crippen LogP contribution is -2.24. The van der Waals surface area contributed by atoms with E-state index < -0.39 is 0 Å². The first kappa shape index (κ1) is 24.4. The fraction of sp³-hybridized carbons (Fsp3) is 0.200. The second-order valence-electron chi connectivity index (χ2n) is 6.94. The molecule has 0 bridgehead atoms. The number of hydrogen-bond acceptors (Lipinski definition) is 5. The third kappa shape index (κ3) is 6.88. The number of ether oxygens (including phenoxy) is 3. The molecule has 8 heteroatoms. The summed E-state index contributed by atoms with van der Waals surface area (Å²) in [5.74, 6) is 1.36. The first-order valence-electron chi connectivity index (χ1n) is 10.3. The molecule has 6 nitrogen and oxygen atoms in total. The van der Waals surface area contributed by atoms with Crippen LogP contribution in [0.25, 0.3) is 0 Å². The van der Waals surface area contributed by atoms with E-state index in [1.807, 2.05) is 31.2 Å². The van der Waals surface area contributed by atoms with Gasteiger partial charge in [-0.15, -0.1) is 0 Å². The van der Waals surface area contributed by atoms with Gasteiger partial charge in [0.05, 0.1) is 13.3 Å². The number of nitrogens with zero attached hydrogens (tertiary/aromatic N) is 1. The van der Waals surface area contributed by atoms with E-state index in [1.54, 1.807) is 43.5 Å². The van der Waals surface area contributed by atoms with Crippen LogP contribution >= 0.6 is 23.2 Å². The summed E-state index contributed by atoms with van der Waals surface area (Å²) in [6.45, 7) is 2.09. The molecule has 0 aliphatic heterocycles. The van der Waals surface area contributed by atoms with Crippen molar-refractivity contribution in [1.29, 1.82) is 0 Å². The molecule has 3 aromatic carbocycles. The number of hydrogen-bond donors (Lipinski definition) is 1. The number of nitrogens with one attached hydrogen (secondary N) is 1. The van der Waals surface area contributed by atoms with Gasteiger partial charge in [-0.1, -0.05) is 54.4 Å². The Kier molecular flexibility index (Phi) is 8.98. The molecule has 0 aliphatic rings. The standard InChI is InChI=1S/C25H24Cl2N2O4/c1-3-18-7-4-5-10-22(18)33-16-25(30)29-28-14-17-11-12-23(24(13-17)31-2)32-15-19-20(26)8-6-9-21(19)27/h4-14H,3,15-16H2,1-2H3,(H,29,30)/b28-14+. The van der Waals surface area contributed by atoms with E-state index in [4.69, 9.17) is 37.4 Å². The highest BCUT2D eigenvalue weighted by molar-refractivity contribution is 6.35. The van der Waals surface area contributed by atoms with Crippen LogP contribution < -0.4 is 19.6 Å². The predicted octanol–water partition coefficient (Wildman–Crippen LogP) is 5.67. The summed E-state index contributed by atoms with van der Waals surface area (Å²) in [6.07, 6.45) is 2.33. The molecule has 0 fully saturated rings. The lowest BCUT2D eigenvalue weighted by atomic mass is 10.1. The monoisotopic (exact) mass is 486 g/mol. The second kappa shape index (κ2) is 12.1. The Hall–Kier alpha value is -3.22. The molecular formula is C25H24Cl2N2O4. The van der Waals surface area contributed by atoms with Crippen LogP contribution in [0.3, 0.4) is 0 Å². The maximum Gasteiger partial charge on any atom is 0.277 e. The van der Waals surface area contributed by atoms with Gasteiger partial charge in [0.25, 0.3) is 5.91 Å². The lowest BCUT2D eigenvalue weighted by Gasteiger charge is -2.13. The molecule has 0 aliphatic carbocycles. The summed E-state index contributed by atoms with van der Waals surface area (Å²) in [6, 6.07) is 18.2. The van der Waals surface area contributed by atoms with Gasteiger partial charge in [0.2, 0.25) is 0 Å². The Balaban J connectivity index is 1.56. The molecule has 0 spiro atoms. The van der Waals surface area contributed by atoms with E-state index in [2.05, 4.69) is 10.5 Å². The number of hydrazone groups is 1. The van der Waals surface area contributed by atoms with Gasteiger partial charge in [0.1, 0.15) is 12.4 Å². The second-order valence-corrected chi connectivity index (χ2v) is 7.76. The number of aryl methyl sites for hydroxylation is 1. The van der Waals surface area contributed by atoms with Crippen molar-refractivity contribution in [2.75, 3.05) is 13.7 Å². The van der Waals surface area contributed by atoms with Crippen LogP contribution in [-0.4, -0.2) is 25.8 Å². The van der Waals surface area contributed by atoms with Crippen LogP contribution in [0.15, 0.2) is 65.8 Å². The van der Waals surface area contributed by atoms with Gasteiger partial charge in [-0.3, -0.25) is 4.79 Å². The summed E-state index contributed by atoms with van der Waals surface area (Å²) in [4.78, 5) is 12.0. The van der Waals surface area contributed by atoms with Gasteiger partial charge in [-0.05, 0) is 53.9 Å². The van der Waals surface area contributed by atoms with Crippen molar-refractivity contribution in [2.24, 2.45) is 5.10 Å². The predicted molar refractivity (Wildman–Crippen MR) is 131 cm³/mol. The number of carbonyl (C=O) groups is 1. The van der Waals surface area contributed by atoms with Crippen molar-refractivity contribution in [2.45, 2.75) is 20.0 Å². The molecule has 3 aromatic rings. The molecule has 0 saturated carbocycles. The zero-order valence-electron chi connectivity index (χ0n) is 18.3. The van der Waals surface area contributed by atoms with Crippen LogP contribution in [0.1, 0.15) is 23.6 Å². The van der Waals surface area contributed by atoms with Crippen molar-refractivity contribution in [3.8, 4) is 17.2 Å². The number of halogens is 2. The quantitative estimate of drug-likeness (QED) is 0.296. The minimum Gasteiger partial charge on any atom is -0.493 e. The smallest absolute Gasteiger partial charge is 0.277 e. The number of benzene rings is 3. The SMILES string of the molecule is CCc1ccccc1OCC(=O)N/N=C/c1ccc(OCc2c(Cl)cccc2Cl)c(OC)c1. The van der Waals surface area contributed by atoms with E-state index in [0.29, 0.717) is 38.4 Å². The average Bonchev–Trinajstić information content (AvgIpc) is 2.83. The normalized spacial score (nSPS) is 10.8. The maximum absolute atomic E-state index is 12.0. The average molecular weight is 487 g/mol. The van der Waals surface area contributed by atoms with Crippen molar-refractivity contribution in [3.63, 3.8) is 0 Å². The van der Waals surface area contributed by atoms with E-state index in [0.717, 1.165) is 12.0 Å². The van der Waals surface area contributed by atoms with Gasteiger partial charge in [0, 0.05) is 15.6 Å². The van der Waals surface area contributed by atoms with Gasteiger partial charge in [0.15, 0.2) is 18.1 Å². The third-order valence-corrected chi connectivity index (χ3v) is 5.44. The summed E-state index contributed by atoms with van der Waals surface area (Å²) >= 11 is 12.4. The van der Waals surface area contributed by atoms with Crippen LogP contribution in [0.5, 0.6) is 17.2 Å².